The summed E-state index contributed by atoms with van der Waals surface area (Å²) in [7, 11) is 0. The van der Waals surface area contributed by atoms with Gasteiger partial charge in [-0.3, -0.25) is 0 Å². The smallest absolute Gasteiger partial charge is 0.546 e. The van der Waals surface area contributed by atoms with E-state index >= 15 is 0 Å². The number of hydrogen-bond donors (Lipinski definition) is 0. The van der Waals surface area contributed by atoms with Gasteiger partial charge in [0, 0.05) is 6.42 Å². The average molecular weight is 402 g/mol. The normalized spacial score (nSPS) is 41.4. The Morgan fingerprint density at radius 2 is 1.52 bits per heavy atom. The molecule has 1 saturated heterocycles. The van der Waals surface area contributed by atoms with Crippen LogP contribution in [0, 0.1) is 23.7 Å². The Morgan fingerprint density at radius 3 is 1.89 bits per heavy atom. The fraction of sp³-hybridized carbons (Fsp3) is 0.882. The standard InChI is InChI=1S/C17H23FO7.2Na/c1-15(23-3-2-16(18,13(19)20)14(21)22)17(25-24-15)11-5-9-4-10(7-11)8-12(17)6-9;;/h9-12H,2-8H2,1H3,(H,19,20)(H,21,22);;/q;2*+1/p-2. The number of hydrogen-bond acceptors (Lipinski definition) is 7. The first-order chi connectivity index (χ1) is 11.7. The summed E-state index contributed by atoms with van der Waals surface area (Å²) in [5.41, 5.74) is -4.19. The second kappa shape index (κ2) is 8.12. The van der Waals surface area contributed by atoms with Crippen molar-refractivity contribution >= 4 is 11.9 Å². The van der Waals surface area contributed by atoms with Crippen LogP contribution in [0.25, 0.3) is 0 Å². The van der Waals surface area contributed by atoms with Crippen LogP contribution in [0.15, 0.2) is 0 Å². The van der Waals surface area contributed by atoms with Gasteiger partial charge >= 0.3 is 59.1 Å². The van der Waals surface area contributed by atoms with Crippen LogP contribution in [-0.2, 0) is 24.1 Å². The molecule has 7 nitrogen and oxygen atoms in total. The van der Waals surface area contributed by atoms with E-state index < -0.39 is 42.0 Å². The zero-order valence-corrected chi connectivity index (χ0v) is 20.0. The van der Waals surface area contributed by atoms with E-state index in [1.54, 1.807) is 6.92 Å². The molecule has 4 bridgehead atoms. The predicted molar refractivity (Wildman–Crippen MR) is 74.8 cm³/mol. The van der Waals surface area contributed by atoms with E-state index in [-0.39, 0.29) is 59.1 Å². The van der Waals surface area contributed by atoms with Crippen molar-refractivity contribution in [1.29, 1.82) is 0 Å². The molecule has 0 amide bonds. The molecular formula is C17H21FNa2O7. The number of aliphatic carboxylic acids is 2. The molecule has 140 valence electrons. The Hall–Kier alpha value is 0.750. The van der Waals surface area contributed by atoms with E-state index in [0.717, 1.165) is 25.7 Å². The molecule has 5 aliphatic rings. The molecule has 0 aromatic heterocycles. The van der Waals surface area contributed by atoms with Crippen LogP contribution >= 0.6 is 0 Å². The maximum absolute atomic E-state index is 14.0. The fourth-order valence-corrected chi connectivity index (χ4v) is 5.83. The molecule has 1 atom stereocenters. The summed E-state index contributed by atoms with van der Waals surface area (Å²) in [6, 6.07) is 0. The van der Waals surface area contributed by atoms with E-state index in [1.165, 1.54) is 6.42 Å². The van der Waals surface area contributed by atoms with E-state index in [0.29, 0.717) is 23.7 Å². The van der Waals surface area contributed by atoms with Crippen molar-refractivity contribution in [3.05, 3.63) is 0 Å². The number of ether oxygens (including phenoxy) is 1. The van der Waals surface area contributed by atoms with E-state index in [9.17, 15) is 24.2 Å². The summed E-state index contributed by atoms with van der Waals surface area (Å²) in [5.74, 6) is -3.81. The Bertz CT molecular complexity index is 574. The number of carbonyl (C=O) groups excluding carboxylic acids is 2. The summed E-state index contributed by atoms with van der Waals surface area (Å²) in [4.78, 5) is 32.4. The molecular weight excluding hydrogens is 381 g/mol. The Balaban J connectivity index is 0.00000131. The van der Waals surface area contributed by atoms with Crippen LogP contribution in [0.2, 0.25) is 0 Å². The van der Waals surface area contributed by atoms with E-state index in [4.69, 9.17) is 14.5 Å². The fourth-order valence-electron chi connectivity index (χ4n) is 5.83. The molecule has 1 aliphatic heterocycles. The van der Waals surface area contributed by atoms with Crippen molar-refractivity contribution in [2.75, 3.05) is 6.61 Å². The Morgan fingerprint density at radius 1 is 1.04 bits per heavy atom. The van der Waals surface area contributed by atoms with Gasteiger partial charge in [0.25, 0.3) is 0 Å². The minimum Gasteiger partial charge on any atom is -0.546 e. The van der Waals surface area contributed by atoms with Crippen LogP contribution < -0.4 is 69.3 Å². The van der Waals surface area contributed by atoms with Gasteiger partial charge in [0.15, 0.2) is 11.3 Å². The Kier molecular flexibility index (Phi) is 7.22. The minimum atomic E-state index is -3.59. The third-order valence-electron chi connectivity index (χ3n) is 6.87. The molecule has 5 rings (SSSR count). The van der Waals surface area contributed by atoms with Gasteiger partial charge in [-0.05, 0) is 62.7 Å². The van der Waals surface area contributed by atoms with E-state index in [2.05, 4.69) is 0 Å². The van der Waals surface area contributed by atoms with Crippen LogP contribution in [0.5, 0.6) is 0 Å². The molecule has 27 heavy (non-hydrogen) atoms. The zero-order valence-electron chi connectivity index (χ0n) is 16.0. The van der Waals surface area contributed by atoms with E-state index in [1.807, 2.05) is 0 Å². The van der Waals surface area contributed by atoms with Crippen LogP contribution in [0.4, 0.5) is 4.39 Å². The number of carboxylic acids is 2. The van der Waals surface area contributed by atoms with Crippen molar-refractivity contribution in [1.82, 2.24) is 0 Å². The molecule has 1 heterocycles. The average Bonchev–Trinajstić information content (AvgIpc) is 2.52. The molecule has 0 N–H and O–H groups in total. The van der Waals surface area contributed by atoms with Gasteiger partial charge < -0.3 is 24.5 Å². The summed E-state index contributed by atoms with van der Waals surface area (Å²) < 4.78 is 19.7. The van der Waals surface area contributed by atoms with Gasteiger partial charge in [-0.15, -0.1) is 0 Å². The van der Waals surface area contributed by atoms with Crippen LogP contribution in [-0.4, -0.2) is 35.6 Å². The molecule has 1 unspecified atom stereocenters. The van der Waals surface area contributed by atoms with Gasteiger partial charge in [-0.2, -0.15) is 4.89 Å². The first-order valence-corrected chi connectivity index (χ1v) is 8.84. The van der Waals surface area contributed by atoms with Crippen molar-refractivity contribution in [2.45, 2.75) is 62.5 Å². The molecule has 10 heteroatoms. The number of rotatable bonds is 6. The third-order valence-corrected chi connectivity index (χ3v) is 6.87. The summed E-state index contributed by atoms with van der Waals surface area (Å²) in [6.07, 6.45) is 4.53. The maximum atomic E-state index is 14.0. The van der Waals surface area contributed by atoms with Crippen molar-refractivity contribution in [3.63, 3.8) is 0 Å². The van der Waals surface area contributed by atoms with Gasteiger partial charge in [-0.25, -0.2) is 9.28 Å². The maximum Gasteiger partial charge on any atom is 1.00 e. The van der Waals surface area contributed by atoms with Crippen LogP contribution in [0.1, 0.15) is 45.4 Å². The van der Waals surface area contributed by atoms with Crippen molar-refractivity contribution in [2.24, 2.45) is 23.7 Å². The predicted octanol–water partition coefficient (Wildman–Crippen LogP) is -6.52. The first-order valence-electron chi connectivity index (χ1n) is 8.84. The molecule has 1 spiro atoms. The first kappa shape index (κ1) is 24.0. The van der Waals surface area contributed by atoms with Gasteiger partial charge in [0.2, 0.25) is 5.79 Å². The third kappa shape index (κ3) is 3.47. The number of halogens is 1. The molecule has 4 saturated carbocycles. The second-order valence-corrected chi connectivity index (χ2v) is 8.18. The number of carboxylic acid groups (broad SMARTS) is 2. The zero-order chi connectivity index (χ0) is 18.0. The molecule has 0 radical (unpaired) electrons. The van der Waals surface area contributed by atoms with Crippen molar-refractivity contribution in [3.8, 4) is 0 Å². The number of alkyl halides is 1. The van der Waals surface area contributed by atoms with Crippen molar-refractivity contribution < 1.29 is 97.8 Å². The second-order valence-electron chi connectivity index (χ2n) is 8.18. The topological polar surface area (TPSA) is 108 Å². The minimum absolute atomic E-state index is 0. The summed E-state index contributed by atoms with van der Waals surface area (Å²) in [6.45, 7) is 1.25. The molecule has 5 fully saturated rings. The van der Waals surface area contributed by atoms with Gasteiger partial charge in [0.05, 0.1) is 18.5 Å². The molecule has 0 aromatic rings. The number of carbonyl (C=O) groups is 2. The Labute approximate surface area is 201 Å². The largest absolute Gasteiger partial charge is 1.00 e. The molecule has 4 aliphatic carbocycles. The quantitative estimate of drug-likeness (QED) is 0.247. The molecule has 0 aromatic carbocycles. The van der Waals surface area contributed by atoms with Gasteiger partial charge in [0.1, 0.15) is 0 Å². The van der Waals surface area contributed by atoms with Crippen LogP contribution in [0.3, 0.4) is 0 Å². The van der Waals surface area contributed by atoms with Gasteiger partial charge in [-0.1, -0.05) is 0 Å². The monoisotopic (exact) mass is 402 g/mol. The summed E-state index contributed by atoms with van der Waals surface area (Å²) in [5, 5.41) is 21.6. The SMILES string of the molecule is CC1(OCCC(F)(C(=O)[O-])C(=O)[O-])OOC12C1CC3CC(C1)CC2C3.[Na+].[Na+]. The summed E-state index contributed by atoms with van der Waals surface area (Å²) >= 11 is 0.